The van der Waals surface area contributed by atoms with Gasteiger partial charge in [0.2, 0.25) is 0 Å². The van der Waals surface area contributed by atoms with Crippen LogP contribution in [0, 0.1) is 11.8 Å². The third-order valence-electron chi connectivity index (χ3n) is 3.29. The molecule has 2 unspecified atom stereocenters. The maximum atomic E-state index is 5.08. The highest BCUT2D eigenvalue weighted by Crippen LogP contribution is 2.37. The van der Waals surface area contributed by atoms with Crippen LogP contribution in [-0.2, 0) is 4.74 Å². The molecule has 1 N–H and O–H groups in total. The highest BCUT2D eigenvalue weighted by atomic mass is 16.5. The van der Waals surface area contributed by atoms with E-state index in [1.54, 1.807) is 7.11 Å². The molecule has 1 aliphatic rings. The summed E-state index contributed by atoms with van der Waals surface area (Å²) >= 11 is 0. The molecule has 0 aromatic heterocycles. The van der Waals surface area contributed by atoms with Gasteiger partial charge in [-0.3, -0.25) is 0 Å². The maximum absolute atomic E-state index is 5.08. The molecule has 0 amide bonds. The molecule has 0 aliphatic heterocycles. The van der Waals surface area contributed by atoms with E-state index in [-0.39, 0.29) is 0 Å². The summed E-state index contributed by atoms with van der Waals surface area (Å²) in [5, 5.41) is 3.54. The van der Waals surface area contributed by atoms with Gasteiger partial charge in [-0.15, -0.1) is 0 Å². The molecule has 2 nitrogen and oxygen atoms in total. The topological polar surface area (TPSA) is 21.3 Å². The lowest BCUT2D eigenvalue weighted by Gasteiger charge is -2.37. The van der Waals surface area contributed by atoms with E-state index in [0.717, 1.165) is 18.4 Å². The summed E-state index contributed by atoms with van der Waals surface area (Å²) in [5.74, 6) is 1.91. The SMILES string of the molecule is COCCCC1CCC1CNC(C)C. The standard InChI is InChI=1S/C12H25NO/c1-10(2)13-9-12-7-6-11(12)5-4-8-14-3/h10-13H,4-9H2,1-3H3. The first kappa shape index (κ1) is 12.0. The van der Waals surface area contributed by atoms with E-state index < -0.39 is 0 Å². The second kappa shape index (κ2) is 6.41. The summed E-state index contributed by atoms with van der Waals surface area (Å²) in [5.41, 5.74) is 0. The summed E-state index contributed by atoms with van der Waals surface area (Å²) in [6.45, 7) is 6.59. The molecular weight excluding hydrogens is 174 g/mol. The monoisotopic (exact) mass is 199 g/mol. The van der Waals surface area contributed by atoms with Crippen LogP contribution in [0.3, 0.4) is 0 Å². The fraction of sp³-hybridized carbons (Fsp3) is 1.00. The molecule has 0 bridgehead atoms. The molecular formula is C12H25NO. The predicted molar refractivity (Wildman–Crippen MR) is 60.5 cm³/mol. The Morgan fingerprint density at radius 2 is 2.00 bits per heavy atom. The molecule has 0 spiro atoms. The van der Waals surface area contributed by atoms with Crippen molar-refractivity contribution in [3.63, 3.8) is 0 Å². The third-order valence-corrected chi connectivity index (χ3v) is 3.29. The largest absolute Gasteiger partial charge is 0.385 e. The quantitative estimate of drug-likeness (QED) is 0.636. The molecule has 0 heterocycles. The Hall–Kier alpha value is -0.0800. The van der Waals surface area contributed by atoms with Crippen molar-refractivity contribution in [3.05, 3.63) is 0 Å². The summed E-state index contributed by atoms with van der Waals surface area (Å²) in [7, 11) is 1.79. The van der Waals surface area contributed by atoms with Gasteiger partial charge in [-0.25, -0.2) is 0 Å². The van der Waals surface area contributed by atoms with Gasteiger partial charge in [0.15, 0.2) is 0 Å². The van der Waals surface area contributed by atoms with E-state index in [4.69, 9.17) is 4.74 Å². The first-order valence-corrected chi connectivity index (χ1v) is 5.96. The second-order valence-corrected chi connectivity index (χ2v) is 4.80. The number of methoxy groups -OCH3 is 1. The van der Waals surface area contributed by atoms with Gasteiger partial charge in [-0.2, -0.15) is 0 Å². The van der Waals surface area contributed by atoms with E-state index in [1.807, 2.05) is 0 Å². The summed E-state index contributed by atoms with van der Waals surface area (Å²) in [4.78, 5) is 0. The number of hydrogen-bond donors (Lipinski definition) is 1. The Bertz CT molecular complexity index is 147. The van der Waals surface area contributed by atoms with Crippen molar-refractivity contribution in [3.8, 4) is 0 Å². The van der Waals surface area contributed by atoms with Crippen LogP contribution < -0.4 is 5.32 Å². The lowest BCUT2D eigenvalue weighted by atomic mass is 9.71. The molecule has 0 aromatic rings. The van der Waals surface area contributed by atoms with Crippen LogP contribution in [-0.4, -0.2) is 26.3 Å². The van der Waals surface area contributed by atoms with E-state index in [0.29, 0.717) is 6.04 Å². The highest BCUT2D eigenvalue weighted by Gasteiger charge is 2.29. The zero-order chi connectivity index (χ0) is 10.4. The van der Waals surface area contributed by atoms with Crippen LogP contribution in [0.1, 0.15) is 39.5 Å². The molecule has 2 heteroatoms. The van der Waals surface area contributed by atoms with E-state index in [9.17, 15) is 0 Å². The Morgan fingerprint density at radius 3 is 2.50 bits per heavy atom. The van der Waals surface area contributed by atoms with E-state index in [1.165, 1.54) is 32.2 Å². The average molecular weight is 199 g/mol. The molecule has 0 saturated heterocycles. The van der Waals surface area contributed by atoms with Gasteiger partial charge in [0.05, 0.1) is 0 Å². The van der Waals surface area contributed by atoms with Crippen molar-refractivity contribution in [2.24, 2.45) is 11.8 Å². The van der Waals surface area contributed by atoms with Crippen molar-refractivity contribution < 1.29 is 4.74 Å². The zero-order valence-corrected chi connectivity index (χ0v) is 9.88. The van der Waals surface area contributed by atoms with Crippen LogP contribution in [0.4, 0.5) is 0 Å². The Labute approximate surface area is 88.4 Å². The van der Waals surface area contributed by atoms with Crippen LogP contribution in [0.5, 0.6) is 0 Å². The Morgan fingerprint density at radius 1 is 1.29 bits per heavy atom. The number of hydrogen-bond acceptors (Lipinski definition) is 2. The number of rotatable bonds is 7. The molecule has 14 heavy (non-hydrogen) atoms. The minimum Gasteiger partial charge on any atom is -0.385 e. The minimum atomic E-state index is 0.634. The smallest absolute Gasteiger partial charge is 0.0462 e. The van der Waals surface area contributed by atoms with Gasteiger partial charge < -0.3 is 10.1 Å². The Balaban J connectivity index is 2.03. The first-order valence-electron chi connectivity index (χ1n) is 5.96. The minimum absolute atomic E-state index is 0.634. The predicted octanol–water partition coefficient (Wildman–Crippen LogP) is 2.44. The lowest BCUT2D eigenvalue weighted by molar-refractivity contribution is 0.130. The fourth-order valence-corrected chi connectivity index (χ4v) is 2.16. The van der Waals surface area contributed by atoms with E-state index in [2.05, 4.69) is 19.2 Å². The second-order valence-electron chi connectivity index (χ2n) is 4.80. The van der Waals surface area contributed by atoms with E-state index >= 15 is 0 Å². The van der Waals surface area contributed by atoms with Crippen LogP contribution >= 0.6 is 0 Å². The molecule has 0 radical (unpaired) electrons. The number of ether oxygens (including phenoxy) is 1. The summed E-state index contributed by atoms with van der Waals surface area (Å²) in [6.07, 6.45) is 5.46. The lowest BCUT2D eigenvalue weighted by Crippen LogP contribution is -2.37. The van der Waals surface area contributed by atoms with Crippen LogP contribution in [0.2, 0.25) is 0 Å². The first-order chi connectivity index (χ1) is 6.74. The van der Waals surface area contributed by atoms with Gasteiger partial charge >= 0.3 is 0 Å². The van der Waals surface area contributed by atoms with Gasteiger partial charge in [0.1, 0.15) is 0 Å². The maximum Gasteiger partial charge on any atom is 0.0462 e. The highest BCUT2D eigenvalue weighted by molar-refractivity contribution is 4.82. The molecule has 1 aliphatic carbocycles. The van der Waals surface area contributed by atoms with Gasteiger partial charge in [0, 0.05) is 19.8 Å². The molecule has 2 atom stereocenters. The van der Waals surface area contributed by atoms with Crippen molar-refractivity contribution in [1.82, 2.24) is 5.32 Å². The molecule has 1 rings (SSSR count). The van der Waals surface area contributed by atoms with Gasteiger partial charge in [0.25, 0.3) is 0 Å². The van der Waals surface area contributed by atoms with Crippen molar-refractivity contribution >= 4 is 0 Å². The number of nitrogens with one attached hydrogen (secondary N) is 1. The van der Waals surface area contributed by atoms with Crippen LogP contribution in [0.25, 0.3) is 0 Å². The van der Waals surface area contributed by atoms with Crippen molar-refractivity contribution in [2.75, 3.05) is 20.3 Å². The molecule has 1 saturated carbocycles. The summed E-state index contributed by atoms with van der Waals surface area (Å²) in [6, 6.07) is 0.634. The van der Waals surface area contributed by atoms with Gasteiger partial charge in [-0.1, -0.05) is 13.8 Å². The van der Waals surface area contributed by atoms with Crippen molar-refractivity contribution in [2.45, 2.75) is 45.6 Å². The Kier molecular flexibility index (Phi) is 5.49. The van der Waals surface area contributed by atoms with Crippen LogP contribution in [0.15, 0.2) is 0 Å². The molecule has 84 valence electrons. The average Bonchev–Trinajstić information content (AvgIpc) is 2.10. The molecule has 1 fully saturated rings. The molecule has 0 aromatic carbocycles. The normalized spacial score (nSPS) is 26.6. The fourth-order valence-electron chi connectivity index (χ4n) is 2.16. The zero-order valence-electron chi connectivity index (χ0n) is 9.88. The third kappa shape index (κ3) is 3.97. The summed E-state index contributed by atoms with van der Waals surface area (Å²) < 4.78 is 5.08. The van der Waals surface area contributed by atoms with Gasteiger partial charge in [-0.05, 0) is 44.1 Å². The van der Waals surface area contributed by atoms with Crippen molar-refractivity contribution in [1.29, 1.82) is 0 Å².